The average molecular weight is 165 g/mol. The summed E-state index contributed by atoms with van der Waals surface area (Å²) in [6.07, 6.45) is 2.15. The molecule has 4 heteroatoms. The van der Waals surface area contributed by atoms with E-state index in [1.165, 1.54) is 0 Å². The lowest BCUT2D eigenvalue weighted by Gasteiger charge is -2.07. The molecule has 0 saturated carbocycles. The van der Waals surface area contributed by atoms with Gasteiger partial charge in [0.2, 0.25) is 0 Å². The van der Waals surface area contributed by atoms with Gasteiger partial charge in [-0.25, -0.2) is 0 Å². The number of aromatic nitrogens is 1. The van der Waals surface area contributed by atoms with Gasteiger partial charge in [-0.15, -0.1) is 0 Å². The molecule has 0 spiro atoms. The summed E-state index contributed by atoms with van der Waals surface area (Å²) >= 11 is 0. The van der Waals surface area contributed by atoms with Crippen molar-refractivity contribution in [1.29, 1.82) is 5.26 Å². The maximum atomic E-state index is 8.63. The number of hydrogen-bond acceptors (Lipinski definition) is 3. The third-order valence-corrected chi connectivity index (χ3v) is 1.73. The minimum absolute atomic E-state index is 0.0389. The van der Waals surface area contributed by atoms with Gasteiger partial charge in [0, 0.05) is 24.4 Å². The summed E-state index contributed by atoms with van der Waals surface area (Å²) in [6, 6.07) is 3.51. The van der Waals surface area contributed by atoms with Crippen LogP contribution in [0.25, 0.3) is 0 Å². The zero-order chi connectivity index (χ0) is 8.97. The van der Waals surface area contributed by atoms with Crippen molar-refractivity contribution in [2.75, 3.05) is 6.61 Å². The van der Waals surface area contributed by atoms with Gasteiger partial charge in [-0.2, -0.15) is 5.26 Å². The Bertz CT molecular complexity index is 287. The first kappa shape index (κ1) is 8.78. The molecule has 0 aliphatic carbocycles. The van der Waals surface area contributed by atoms with E-state index in [0.717, 1.165) is 5.56 Å². The molecule has 64 valence electrons. The minimum Gasteiger partial charge on any atom is -0.396 e. The van der Waals surface area contributed by atoms with Gasteiger partial charge in [-0.1, -0.05) is 0 Å². The minimum atomic E-state index is -0.254. The molecular weight excluding hydrogens is 154 g/mol. The van der Waals surface area contributed by atoms with Crippen LogP contribution in [0.2, 0.25) is 0 Å². The number of rotatable bonds is 3. The number of hydrogen-bond donors (Lipinski definition) is 3. The van der Waals surface area contributed by atoms with Crippen molar-refractivity contribution >= 4 is 0 Å². The second kappa shape index (κ2) is 3.90. The molecule has 1 aromatic heterocycles. The molecule has 4 nitrogen and oxygen atoms in total. The van der Waals surface area contributed by atoms with Gasteiger partial charge in [0.05, 0.1) is 0 Å². The van der Waals surface area contributed by atoms with Gasteiger partial charge in [-0.3, -0.25) is 0 Å². The molecule has 12 heavy (non-hydrogen) atoms. The highest BCUT2D eigenvalue weighted by Crippen LogP contribution is 2.16. The summed E-state index contributed by atoms with van der Waals surface area (Å²) in [5.74, 6) is 0. The number of aliphatic hydroxyl groups excluding tert-OH is 1. The highest BCUT2D eigenvalue weighted by atomic mass is 16.3. The third kappa shape index (κ3) is 1.64. The Hall–Kier alpha value is -1.31. The van der Waals surface area contributed by atoms with Gasteiger partial charge in [-0.05, 0) is 12.5 Å². The van der Waals surface area contributed by atoms with Crippen molar-refractivity contribution in [2.45, 2.75) is 12.5 Å². The molecular formula is C8H11N3O. The summed E-state index contributed by atoms with van der Waals surface area (Å²) < 4.78 is 0. The van der Waals surface area contributed by atoms with Crippen LogP contribution in [-0.4, -0.2) is 16.7 Å². The highest BCUT2D eigenvalue weighted by Gasteiger charge is 2.10. The van der Waals surface area contributed by atoms with Crippen LogP contribution in [0.5, 0.6) is 0 Å². The number of nitrogens with one attached hydrogen (secondary N) is 1. The summed E-state index contributed by atoms with van der Waals surface area (Å²) in [7, 11) is 0. The van der Waals surface area contributed by atoms with Crippen LogP contribution in [0.1, 0.15) is 23.7 Å². The van der Waals surface area contributed by atoms with E-state index >= 15 is 0 Å². The molecule has 4 N–H and O–H groups in total. The number of H-pyrrole nitrogens is 1. The van der Waals surface area contributed by atoms with Crippen molar-refractivity contribution in [3.05, 3.63) is 23.5 Å². The maximum Gasteiger partial charge on any atom is 0.122 e. The molecule has 1 atom stereocenters. The van der Waals surface area contributed by atoms with E-state index < -0.39 is 0 Å². The Labute approximate surface area is 70.6 Å². The number of nitrogens with two attached hydrogens (primary N) is 1. The first-order chi connectivity index (χ1) is 5.79. The van der Waals surface area contributed by atoms with Crippen LogP contribution < -0.4 is 5.73 Å². The van der Waals surface area contributed by atoms with Crippen molar-refractivity contribution in [3.8, 4) is 6.07 Å². The van der Waals surface area contributed by atoms with E-state index in [2.05, 4.69) is 4.98 Å². The van der Waals surface area contributed by atoms with Crippen LogP contribution in [0, 0.1) is 11.3 Å². The molecule has 0 bridgehead atoms. The van der Waals surface area contributed by atoms with Gasteiger partial charge in [0.1, 0.15) is 11.8 Å². The number of nitriles is 1. The van der Waals surface area contributed by atoms with E-state index in [4.69, 9.17) is 16.1 Å². The van der Waals surface area contributed by atoms with Gasteiger partial charge < -0.3 is 15.8 Å². The molecule has 1 rings (SSSR count). The Morgan fingerprint density at radius 2 is 2.50 bits per heavy atom. The second-order valence-corrected chi connectivity index (χ2v) is 2.54. The first-order valence-corrected chi connectivity index (χ1v) is 3.73. The lowest BCUT2D eigenvalue weighted by atomic mass is 10.1. The molecule has 0 radical (unpaired) electrons. The van der Waals surface area contributed by atoms with Crippen LogP contribution in [-0.2, 0) is 0 Å². The normalized spacial score (nSPS) is 12.4. The summed E-state index contributed by atoms with van der Waals surface area (Å²) in [5, 5.41) is 17.3. The lowest BCUT2D eigenvalue weighted by Crippen LogP contribution is -2.12. The highest BCUT2D eigenvalue weighted by molar-refractivity contribution is 5.33. The van der Waals surface area contributed by atoms with Crippen LogP contribution >= 0.6 is 0 Å². The fraction of sp³-hybridized carbons (Fsp3) is 0.375. The maximum absolute atomic E-state index is 8.63. The predicted octanol–water partition coefficient (Wildman–Crippen LogP) is 0.269. The SMILES string of the molecule is N#Cc1[nH]ccc1[C@H](N)CCO. The smallest absolute Gasteiger partial charge is 0.122 e. The zero-order valence-electron chi connectivity index (χ0n) is 6.62. The number of aromatic amines is 1. The third-order valence-electron chi connectivity index (χ3n) is 1.73. The Morgan fingerprint density at radius 3 is 3.08 bits per heavy atom. The standard InChI is InChI=1S/C8H11N3O/c9-5-8-6(1-3-11-8)7(10)2-4-12/h1,3,7,11-12H,2,4,10H2/t7-/m1/s1. The molecule has 0 aliphatic rings. The summed E-state index contributed by atoms with van der Waals surface area (Å²) in [6.45, 7) is 0.0389. The van der Waals surface area contributed by atoms with Crippen LogP contribution in [0.15, 0.2) is 12.3 Å². The predicted molar refractivity (Wildman–Crippen MR) is 44.1 cm³/mol. The van der Waals surface area contributed by atoms with Gasteiger partial charge >= 0.3 is 0 Å². The van der Waals surface area contributed by atoms with E-state index in [1.54, 1.807) is 12.3 Å². The van der Waals surface area contributed by atoms with E-state index in [9.17, 15) is 0 Å². The number of aliphatic hydroxyl groups is 1. The van der Waals surface area contributed by atoms with Crippen molar-refractivity contribution < 1.29 is 5.11 Å². The quantitative estimate of drug-likeness (QED) is 0.600. The van der Waals surface area contributed by atoms with E-state index in [1.807, 2.05) is 6.07 Å². The fourth-order valence-corrected chi connectivity index (χ4v) is 1.08. The van der Waals surface area contributed by atoms with E-state index in [0.29, 0.717) is 12.1 Å². The molecule has 0 unspecified atom stereocenters. The monoisotopic (exact) mass is 165 g/mol. The topological polar surface area (TPSA) is 85.8 Å². The molecule has 0 aromatic carbocycles. The van der Waals surface area contributed by atoms with Crippen molar-refractivity contribution in [2.24, 2.45) is 5.73 Å². The lowest BCUT2D eigenvalue weighted by molar-refractivity contribution is 0.276. The van der Waals surface area contributed by atoms with Crippen molar-refractivity contribution in [3.63, 3.8) is 0 Å². The van der Waals surface area contributed by atoms with Crippen molar-refractivity contribution in [1.82, 2.24) is 4.98 Å². The number of nitrogens with zero attached hydrogens (tertiary/aromatic N) is 1. The Balaban J connectivity index is 2.80. The van der Waals surface area contributed by atoms with E-state index in [-0.39, 0.29) is 12.6 Å². The summed E-state index contributed by atoms with van der Waals surface area (Å²) in [4.78, 5) is 2.77. The molecule has 0 amide bonds. The molecule has 1 aromatic rings. The fourth-order valence-electron chi connectivity index (χ4n) is 1.08. The second-order valence-electron chi connectivity index (χ2n) is 2.54. The van der Waals surface area contributed by atoms with Crippen LogP contribution in [0.3, 0.4) is 0 Å². The Kier molecular flexibility index (Phi) is 2.86. The van der Waals surface area contributed by atoms with Gasteiger partial charge in [0.25, 0.3) is 0 Å². The molecule has 0 aliphatic heterocycles. The van der Waals surface area contributed by atoms with Gasteiger partial charge in [0.15, 0.2) is 0 Å². The van der Waals surface area contributed by atoms with Crippen LogP contribution in [0.4, 0.5) is 0 Å². The zero-order valence-corrected chi connectivity index (χ0v) is 6.62. The molecule has 0 saturated heterocycles. The molecule has 1 heterocycles. The first-order valence-electron chi connectivity index (χ1n) is 3.73. The average Bonchev–Trinajstić information content (AvgIpc) is 2.51. The molecule has 0 fully saturated rings. The summed E-state index contributed by atoms with van der Waals surface area (Å²) in [5.41, 5.74) is 6.95. The largest absolute Gasteiger partial charge is 0.396 e. The Morgan fingerprint density at radius 1 is 1.75 bits per heavy atom.